The molecule has 0 radical (unpaired) electrons. The van der Waals surface area contributed by atoms with E-state index in [0.717, 1.165) is 69.6 Å². The van der Waals surface area contributed by atoms with Gasteiger partial charge in [0.2, 0.25) is 5.91 Å². The lowest BCUT2D eigenvalue weighted by atomic mass is 10.0. The summed E-state index contributed by atoms with van der Waals surface area (Å²) in [5.41, 5.74) is 2.12. The van der Waals surface area contributed by atoms with E-state index in [0.29, 0.717) is 24.9 Å². The fourth-order valence-corrected chi connectivity index (χ4v) is 4.11. The largest absolute Gasteiger partial charge is 0.379 e. The van der Waals surface area contributed by atoms with Crippen LogP contribution in [0.3, 0.4) is 0 Å². The quantitative estimate of drug-likeness (QED) is 0.300. The second-order valence-electron chi connectivity index (χ2n) is 8.35. The molecule has 2 aliphatic heterocycles. The van der Waals surface area contributed by atoms with Gasteiger partial charge in [-0.05, 0) is 37.0 Å². The minimum atomic E-state index is 0. The number of hydrogen-bond acceptors (Lipinski definition) is 4. The maximum absolute atomic E-state index is 11.9. The average Bonchev–Trinajstić information content (AvgIpc) is 3.19. The Morgan fingerprint density at radius 2 is 1.84 bits per heavy atom. The Labute approximate surface area is 204 Å². The predicted molar refractivity (Wildman–Crippen MR) is 137 cm³/mol. The van der Waals surface area contributed by atoms with Crippen molar-refractivity contribution < 1.29 is 9.53 Å². The zero-order chi connectivity index (χ0) is 21.3. The van der Waals surface area contributed by atoms with E-state index in [1.807, 2.05) is 17.0 Å². The van der Waals surface area contributed by atoms with Crippen LogP contribution >= 0.6 is 24.0 Å². The van der Waals surface area contributed by atoms with Gasteiger partial charge in [-0.1, -0.05) is 26.0 Å². The standard InChI is InChI=1S/C23H37N5O2.HI/c1-4-24-23(26-17-21(18(2)3)27-12-14-30-15-13-27)25-16-19-7-9-20(10-8-19)28-11-5-6-22(28)29;/h7-10,18,21H,4-6,11-17H2,1-3H3,(H2,24,25,26);1H. The molecule has 2 heterocycles. The van der Waals surface area contributed by atoms with Crippen molar-refractivity contribution in [1.29, 1.82) is 0 Å². The van der Waals surface area contributed by atoms with Gasteiger partial charge < -0.3 is 20.3 Å². The number of nitrogens with zero attached hydrogens (tertiary/aromatic N) is 3. The molecule has 0 bridgehead atoms. The van der Waals surface area contributed by atoms with Crippen LogP contribution in [0, 0.1) is 5.92 Å². The van der Waals surface area contributed by atoms with Crippen LogP contribution in [-0.2, 0) is 16.1 Å². The minimum Gasteiger partial charge on any atom is -0.379 e. The van der Waals surface area contributed by atoms with Crippen molar-refractivity contribution >= 4 is 41.5 Å². The van der Waals surface area contributed by atoms with E-state index in [4.69, 9.17) is 9.73 Å². The van der Waals surface area contributed by atoms with Crippen LogP contribution in [0.2, 0.25) is 0 Å². The number of hydrogen-bond donors (Lipinski definition) is 2. The molecule has 31 heavy (non-hydrogen) atoms. The highest BCUT2D eigenvalue weighted by atomic mass is 127. The molecule has 3 rings (SSSR count). The van der Waals surface area contributed by atoms with E-state index < -0.39 is 0 Å². The van der Waals surface area contributed by atoms with Crippen LogP contribution in [0.15, 0.2) is 29.3 Å². The van der Waals surface area contributed by atoms with Crippen molar-refractivity contribution in [3.8, 4) is 0 Å². The fourth-order valence-electron chi connectivity index (χ4n) is 4.11. The number of carbonyl (C=O) groups excluding carboxylic acids is 1. The molecule has 1 atom stereocenters. The summed E-state index contributed by atoms with van der Waals surface area (Å²) in [6.45, 7) is 13.4. The van der Waals surface area contributed by atoms with Crippen molar-refractivity contribution in [3.63, 3.8) is 0 Å². The maximum Gasteiger partial charge on any atom is 0.227 e. The smallest absolute Gasteiger partial charge is 0.227 e. The van der Waals surface area contributed by atoms with E-state index in [-0.39, 0.29) is 29.9 Å². The predicted octanol–water partition coefficient (Wildman–Crippen LogP) is 2.84. The van der Waals surface area contributed by atoms with Gasteiger partial charge in [-0.3, -0.25) is 9.69 Å². The number of carbonyl (C=O) groups is 1. The Balaban J connectivity index is 0.00000341. The van der Waals surface area contributed by atoms with Gasteiger partial charge in [-0.15, -0.1) is 24.0 Å². The van der Waals surface area contributed by atoms with Crippen molar-refractivity contribution in [2.24, 2.45) is 10.9 Å². The molecule has 2 fully saturated rings. The van der Waals surface area contributed by atoms with Crippen LogP contribution in [0.1, 0.15) is 39.2 Å². The second-order valence-corrected chi connectivity index (χ2v) is 8.35. The third-order valence-electron chi connectivity index (χ3n) is 5.85. The first kappa shape index (κ1) is 25.9. The summed E-state index contributed by atoms with van der Waals surface area (Å²) in [5, 5.41) is 6.89. The lowest BCUT2D eigenvalue weighted by Gasteiger charge is -2.37. The normalized spacial score (nSPS) is 18.8. The number of amides is 1. The topological polar surface area (TPSA) is 69.2 Å². The summed E-state index contributed by atoms with van der Waals surface area (Å²) in [4.78, 5) is 21.1. The highest BCUT2D eigenvalue weighted by molar-refractivity contribution is 14.0. The average molecular weight is 543 g/mol. The molecule has 7 nitrogen and oxygen atoms in total. The summed E-state index contributed by atoms with van der Waals surface area (Å²) in [6.07, 6.45) is 1.61. The molecule has 174 valence electrons. The first-order chi connectivity index (χ1) is 14.6. The first-order valence-corrected chi connectivity index (χ1v) is 11.3. The molecular weight excluding hydrogens is 505 g/mol. The van der Waals surface area contributed by atoms with Crippen molar-refractivity contribution in [2.75, 3.05) is 50.8 Å². The molecule has 1 amide bonds. The summed E-state index contributed by atoms with van der Waals surface area (Å²) in [7, 11) is 0. The number of morpholine rings is 1. The zero-order valence-electron chi connectivity index (χ0n) is 19.1. The van der Waals surface area contributed by atoms with E-state index in [1.165, 1.54) is 0 Å². The zero-order valence-corrected chi connectivity index (χ0v) is 21.4. The number of halogens is 1. The van der Waals surface area contributed by atoms with Crippen LogP contribution < -0.4 is 15.5 Å². The highest BCUT2D eigenvalue weighted by Gasteiger charge is 2.24. The molecule has 0 aromatic heterocycles. The number of rotatable bonds is 8. The number of anilines is 1. The molecule has 2 N–H and O–H groups in total. The van der Waals surface area contributed by atoms with Crippen LogP contribution in [0.25, 0.3) is 0 Å². The Morgan fingerprint density at radius 1 is 1.13 bits per heavy atom. The number of aliphatic imine (C=N–C) groups is 1. The van der Waals surface area contributed by atoms with Crippen LogP contribution in [0.5, 0.6) is 0 Å². The van der Waals surface area contributed by atoms with Gasteiger partial charge in [-0.2, -0.15) is 0 Å². The Kier molecular flexibility index (Phi) is 11.0. The van der Waals surface area contributed by atoms with Crippen molar-refractivity contribution in [1.82, 2.24) is 15.5 Å². The lowest BCUT2D eigenvalue weighted by Crippen LogP contribution is -2.52. The molecule has 0 saturated carbocycles. The second kappa shape index (κ2) is 13.2. The van der Waals surface area contributed by atoms with Crippen LogP contribution in [0.4, 0.5) is 5.69 Å². The van der Waals surface area contributed by atoms with Gasteiger partial charge >= 0.3 is 0 Å². The van der Waals surface area contributed by atoms with Crippen molar-refractivity contribution in [3.05, 3.63) is 29.8 Å². The Bertz CT molecular complexity index is 704. The van der Waals surface area contributed by atoms with Gasteiger partial charge in [0.05, 0.1) is 19.8 Å². The van der Waals surface area contributed by atoms with Gasteiger partial charge in [-0.25, -0.2) is 4.99 Å². The molecular formula is C23H38IN5O2. The molecule has 2 aliphatic rings. The van der Waals surface area contributed by atoms with Crippen molar-refractivity contribution in [2.45, 2.75) is 46.2 Å². The van der Waals surface area contributed by atoms with Crippen LogP contribution in [-0.4, -0.2) is 68.7 Å². The SMILES string of the molecule is CCNC(=NCc1ccc(N2CCCC2=O)cc1)NCC(C(C)C)N1CCOCC1.I. The monoisotopic (exact) mass is 543 g/mol. The number of nitrogens with one attached hydrogen (secondary N) is 2. The number of benzene rings is 1. The molecule has 8 heteroatoms. The van der Waals surface area contributed by atoms with Gasteiger partial charge in [0, 0.05) is 50.9 Å². The Morgan fingerprint density at radius 3 is 2.42 bits per heavy atom. The highest BCUT2D eigenvalue weighted by Crippen LogP contribution is 2.21. The molecule has 2 saturated heterocycles. The molecule has 1 aromatic rings. The summed E-state index contributed by atoms with van der Waals surface area (Å²) in [5.74, 6) is 1.62. The first-order valence-electron chi connectivity index (χ1n) is 11.3. The molecule has 1 aromatic carbocycles. The maximum atomic E-state index is 11.9. The fraction of sp³-hybridized carbons (Fsp3) is 0.652. The van der Waals surface area contributed by atoms with E-state index in [9.17, 15) is 4.79 Å². The third-order valence-corrected chi connectivity index (χ3v) is 5.85. The Hall–Kier alpha value is -1.39. The molecule has 0 spiro atoms. The molecule has 0 aliphatic carbocycles. The number of ether oxygens (including phenoxy) is 1. The van der Waals surface area contributed by atoms with Gasteiger partial charge in [0.1, 0.15) is 0 Å². The van der Waals surface area contributed by atoms with E-state index >= 15 is 0 Å². The van der Waals surface area contributed by atoms with Gasteiger partial charge in [0.25, 0.3) is 0 Å². The number of guanidine groups is 1. The lowest BCUT2D eigenvalue weighted by molar-refractivity contribution is -0.117. The summed E-state index contributed by atoms with van der Waals surface area (Å²) >= 11 is 0. The van der Waals surface area contributed by atoms with E-state index in [1.54, 1.807) is 0 Å². The van der Waals surface area contributed by atoms with Gasteiger partial charge in [0.15, 0.2) is 5.96 Å². The van der Waals surface area contributed by atoms with E-state index in [2.05, 4.69) is 48.4 Å². The summed E-state index contributed by atoms with van der Waals surface area (Å²) in [6, 6.07) is 8.65. The molecule has 1 unspecified atom stereocenters. The minimum absolute atomic E-state index is 0. The third kappa shape index (κ3) is 7.61. The summed E-state index contributed by atoms with van der Waals surface area (Å²) < 4.78 is 5.51.